The number of rotatable bonds is 7. The lowest BCUT2D eigenvalue weighted by atomic mass is 10.2. The van der Waals surface area contributed by atoms with E-state index in [0.717, 1.165) is 29.9 Å². The van der Waals surface area contributed by atoms with Gasteiger partial charge in [-0.2, -0.15) is 0 Å². The van der Waals surface area contributed by atoms with Crippen LogP contribution in [0.1, 0.15) is 31.9 Å². The minimum atomic E-state index is -0.229. The van der Waals surface area contributed by atoms with E-state index in [1.54, 1.807) is 13.0 Å². The molecule has 1 amide bonds. The highest BCUT2D eigenvalue weighted by molar-refractivity contribution is 8.00. The second-order valence-corrected chi connectivity index (χ2v) is 6.77. The summed E-state index contributed by atoms with van der Waals surface area (Å²) in [6.07, 6.45) is 6.58. The summed E-state index contributed by atoms with van der Waals surface area (Å²) in [4.78, 5) is 17.1. The zero-order valence-corrected chi connectivity index (χ0v) is 14.5. The van der Waals surface area contributed by atoms with Crippen LogP contribution < -0.4 is 5.32 Å². The molecule has 0 aliphatic heterocycles. The first-order valence-corrected chi connectivity index (χ1v) is 8.88. The van der Waals surface area contributed by atoms with Crippen molar-refractivity contribution >= 4 is 29.0 Å². The molecule has 1 N–H and O–H groups in total. The van der Waals surface area contributed by atoms with Crippen LogP contribution in [0.25, 0.3) is 5.52 Å². The van der Waals surface area contributed by atoms with E-state index < -0.39 is 0 Å². The smallest absolute Gasteiger partial charge is 0.239 e. The van der Waals surface area contributed by atoms with Crippen molar-refractivity contribution in [2.75, 3.05) is 5.32 Å². The molecular formula is C17H20N4O2S. The lowest BCUT2D eigenvalue weighted by molar-refractivity contribution is -0.115. The molecule has 24 heavy (non-hydrogen) atoms. The normalized spacial score (nSPS) is 12.4. The third-order valence-corrected chi connectivity index (χ3v) is 4.89. The van der Waals surface area contributed by atoms with E-state index in [4.69, 9.17) is 4.52 Å². The van der Waals surface area contributed by atoms with E-state index in [9.17, 15) is 4.79 Å². The molecule has 3 aromatic heterocycles. The van der Waals surface area contributed by atoms with Crippen molar-refractivity contribution in [2.45, 2.75) is 43.5 Å². The van der Waals surface area contributed by atoms with Gasteiger partial charge in [0.15, 0.2) is 11.0 Å². The summed E-state index contributed by atoms with van der Waals surface area (Å²) in [5, 5.41) is 7.25. The van der Waals surface area contributed by atoms with E-state index >= 15 is 0 Å². The van der Waals surface area contributed by atoms with Crippen LogP contribution in [0.3, 0.4) is 0 Å². The van der Waals surface area contributed by atoms with Gasteiger partial charge in [0.1, 0.15) is 5.76 Å². The van der Waals surface area contributed by atoms with Gasteiger partial charge in [0.05, 0.1) is 17.0 Å². The van der Waals surface area contributed by atoms with Crippen molar-refractivity contribution in [3.05, 3.63) is 42.4 Å². The van der Waals surface area contributed by atoms with E-state index in [0.29, 0.717) is 11.6 Å². The van der Waals surface area contributed by atoms with E-state index in [1.165, 1.54) is 11.8 Å². The molecule has 0 radical (unpaired) electrons. The van der Waals surface area contributed by atoms with Crippen molar-refractivity contribution in [2.24, 2.45) is 0 Å². The number of nitrogens with one attached hydrogen (secondary N) is 1. The molecule has 0 saturated carbocycles. The zero-order chi connectivity index (χ0) is 16.9. The SMILES string of the molecule is CCCCC(Sc1ncc2ccccn12)C(=O)Nc1cc(C)on1. The molecule has 0 spiro atoms. The first kappa shape index (κ1) is 16.6. The van der Waals surface area contributed by atoms with E-state index in [1.807, 2.05) is 35.0 Å². The molecule has 7 heteroatoms. The highest BCUT2D eigenvalue weighted by Crippen LogP contribution is 2.27. The van der Waals surface area contributed by atoms with Crippen LogP contribution in [-0.4, -0.2) is 25.7 Å². The van der Waals surface area contributed by atoms with Crippen molar-refractivity contribution < 1.29 is 9.32 Å². The molecule has 0 aliphatic carbocycles. The predicted octanol–water partition coefficient (Wildman–Crippen LogP) is 3.92. The summed E-state index contributed by atoms with van der Waals surface area (Å²) >= 11 is 1.48. The molecule has 3 heterocycles. The minimum Gasteiger partial charge on any atom is -0.360 e. The van der Waals surface area contributed by atoms with Crippen molar-refractivity contribution in [3.8, 4) is 0 Å². The largest absolute Gasteiger partial charge is 0.360 e. The Kier molecular flexibility index (Phi) is 5.20. The molecule has 0 fully saturated rings. The molecule has 0 aromatic carbocycles. The molecule has 0 aliphatic rings. The lowest BCUT2D eigenvalue weighted by Gasteiger charge is -2.14. The van der Waals surface area contributed by atoms with Gasteiger partial charge in [0.25, 0.3) is 0 Å². The van der Waals surface area contributed by atoms with Gasteiger partial charge in [0.2, 0.25) is 5.91 Å². The zero-order valence-electron chi connectivity index (χ0n) is 13.7. The third kappa shape index (κ3) is 3.79. The van der Waals surface area contributed by atoms with E-state index in [2.05, 4.69) is 22.4 Å². The number of aryl methyl sites for hydroxylation is 1. The Morgan fingerprint density at radius 1 is 1.46 bits per heavy atom. The van der Waals surface area contributed by atoms with Crippen LogP contribution >= 0.6 is 11.8 Å². The molecular weight excluding hydrogens is 324 g/mol. The number of unbranched alkanes of at least 4 members (excludes halogenated alkanes) is 1. The Balaban J connectivity index is 1.76. The molecule has 1 atom stereocenters. The second kappa shape index (κ2) is 7.53. The maximum Gasteiger partial charge on any atom is 0.239 e. The Bertz CT molecular complexity index is 827. The number of fused-ring (bicyclic) bond motifs is 1. The fourth-order valence-corrected chi connectivity index (χ4v) is 3.50. The Morgan fingerprint density at radius 2 is 2.33 bits per heavy atom. The second-order valence-electron chi connectivity index (χ2n) is 5.60. The number of carbonyl (C=O) groups excluding carboxylic acids is 1. The number of nitrogens with zero attached hydrogens (tertiary/aromatic N) is 3. The Hall–Kier alpha value is -2.28. The predicted molar refractivity (Wildman–Crippen MR) is 94.2 cm³/mol. The maximum absolute atomic E-state index is 12.6. The molecule has 0 bridgehead atoms. The average Bonchev–Trinajstić information content (AvgIpc) is 3.17. The summed E-state index contributed by atoms with van der Waals surface area (Å²) in [6, 6.07) is 7.64. The number of thioether (sulfide) groups is 1. The van der Waals surface area contributed by atoms with Crippen molar-refractivity contribution in [1.82, 2.24) is 14.5 Å². The summed E-state index contributed by atoms with van der Waals surface area (Å²) < 4.78 is 7.00. The summed E-state index contributed by atoms with van der Waals surface area (Å²) in [5.41, 5.74) is 1.02. The van der Waals surface area contributed by atoms with E-state index in [-0.39, 0.29) is 11.2 Å². The quantitative estimate of drug-likeness (QED) is 0.658. The van der Waals surface area contributed by atoms with Crippen LogP contribution in [0.5, 0.6) is 0 Å². The molecule has 6 nitrogen and oxygen atoms in total. The van der Waals surface area contributed by atoms with Crippen molar-refractivity contribution in [3.63, 3.8) is 0 Å². The lowest BCUT2D eigenvalue weighted by Crippen LogP contribution is -2.25. The first-order chi connectivity index (χ1) is 11.7. The van der Waals surface area contributed by atoms with Crippen LogP contribution in [0.4, 0.5) is 5.82 Å². The number of carbonyl (C=O) groups is 1. The topological polar surface area (TPSA) is 72.4 Å². The molecule has 3 rings (SSSR count). The number of hydrogen-bond acceptors (Lipinski definition) is 5. The maximum atomic E-state index is 12.6. The van der Waals surface area contributed by atoms with Crippen LogP contribution in [-0.2, 0) is 4.79 Å². The first-order valence-electron chi connectivity index (χ1n) is 8.00. The standard InChI is InChI=1S/C17H20N4O2S/c1-3-4-8-14(16(22)19-15-10-12(2)23-20-15)24-17-18-11-13-7-5-6-9-21(13)17/h5-7,9-11,14H,3-4,8H2,1-2H3,(H,19,20,22). The van der Waals surface area contributed by atoms with Gasteiger partial charge in [-0.15, -0.1) is 0 Å². The van der Waals surface area contributed by atoms with Gasteiger partial charge in [-0.25, -0.2) is 4.98 Å². The van der Waals surface area contributed by atoms with Gasteiger partial charge in [-0.05, 0) is 25.5 Å². The molecule has 0 saturated heterocycles. The summed E-state index contributed by atoms with van der Waals surface area (Å²) in [7, 11) is 0. The van der Waals surface area contributed by atoms with Gasteiger partial charge >= 0.3 is 0 Å². The fourth-order valence-electron chi connectivity index (χ4n) is 2.40. The summed E-state index contributed by atoms with van der Waals surface area (Å²) in [6.45, 7) is 3.91. The summed E-state index contributed by atoms with van der Waals surface area (Å²) in [5.74, 6) is 1.05. The Morgan fingerprint density at radius 3 is 3.08 bits per heavy atom. The van der Waals surface area contributed by atoms with Crippen molar-refractivity contribution in [1.29, 1.82) is 0 Å². The minimum absolute atomic E-state index is 0.0746. The number of aromatic nitrogens is 3. The van der Waals surface area contributed by atoms with Gasteiger partial charge in [0, 0.05) is 12.3 Å². The van der Waals surface area contributed by atoms with Crippen LogP contribution in [0, 0.1) is 6.92 Å². The number of amides is 1. The third-order valence-electron chi connectivity index (χ3n) is 3.64. The van der Waals surface area contributed by atoms with Crippen LogP contribution in [0.2, 0.25) is 0 Å². The molecule has 126 valence electrons. The van der Waals surface area contributed by atoms with Gasteiger partial charge in [-0.3, -0.25) is 9.20 Å². The molecule has 3 aromatic rings. The average molecular weight is 344 g/mol. The highest BCUT2D eigenvalue weighted by atomic mass is 32.2. The number of pyridine rings is 1. The highest BCUT2D eigenvalue weighted by Gasteiger charge is 2.22. The number of hydrogen-bond donors (Lipinski definition) is 1. The van der Waals surface area contributed by atoms with Crippen LogP contribution in [0.15, 0.2) is 46.3 Å². The van der Waals surface area contributed by atoms with Gasteiger partial charge < -0.3 is 9.84 Å². The fraction of sp³-hybridized carbons (Fsp3) is 0.353. The number of imidazole rings is 1. The van der Waals surface area contributed by atoms with Gasteiger partial charge in [-0.1, -0.05) is 42.8 Å². The Labute approximate surface area is 144 Å². The monoisotopic (exact) mass is 344 g/mol. The molecule has 1 unspecified atom stereocenters. The number of anilines is 1.